The molecular formula is C15H11ClN4O. The van der Waals surface area contributed by atoms with E-state index in [-0.39, 0.29) is 0 Å². The van der Waals surface area contributed by atoms with E-state index in [1.807, 2.05) is 35.9 Å². The van der Waals surface area contributed by atoms with E-state index < -0.39 is 0 Å². The van der Waals surface area contributed by atoms with Crippen molar-refractivity contribution in [2.45, 2.75) is 13.5 Å². The van der Waals surface area contributed by atoms with Crippen LogP contribution in [0.2, 0.25) is 5.02 Å². The first kappa shape index (κ1) is 12.3. The first-order chi connectivity index (χ1) is 10.3. The lowest BCUT2D eigenvalue weighted by Crippen LogP contribution is -1.96. The van der Waals surface area contributed by atoms with Gasteiger partial charge in [0.05, 0.1) is 17.0 Å². The monoisotopic (exact) mass is 298 g/mol. The highest BCUT2D eigenvalue weighted by Crippen LogP contribution is 2.32. The summed E-state index contributed by atoms with van der Waals surface area (Å²) < 4.78 is 7.36. The summed E-state index contributed by atoms with van der Waals surface area (Å²) in [5.41, 5.74) is 2.52. The zero-order valence-electron chi connectivity index (χ0n) is 11.2. The van der Waals surface area contributed by atoms with Crippen LogP contribution in [-0.4, -0.2) is 19.9 Å². The summed E-state index contributed by atoms with van der Waals surface area (Å²) in [5, 5.41) is 11.0. The van der Waals surface area contributed by atoms with Crippen molar-refractivity contribution < 1.29 is 4.52 Å². The second kappa shape index (κ2) is 4.56. The smallest absolute Gasteiger partial charge is 0.176 e. The summed E-state index contributed by atoms with van der Waals surface area (Å²) in [4.78, 5) is 4.49. The molecule has 21 heavy (non-hydrogen) atoms. The van der Waals surface area contributed by atoms with Crippen LogP contribution in [0.15, 0.2) is 41.2 Å². The molecule has 4 rings (SSSR count). The van der Waals surface area contributed by atoms with E-state index in [2.05, 4.69) is 15.2 Å². The average molecular weight is 299 g/mol. The highest BCUT2D eigenvalue weighted by Gasteiger charge is 2.16. The molecule has 0 amide bonds. The van der Waals surface area contributed by atoms with E-state index in [4.69, 9.17) is 16.1 Å². The van der Waals surface area contributed by atoms with Gasteiger partial charge in [0.25, 0.3) is 0 Å². The molecule has 0 fully saturated rings. The third kappa shape index (κ3) is 1.81. The van der Waals surface area contributed by atoms with E-state index in [1.54, 1.807) is 12.4 Å². The van der Waals surface area contributed by atoms with Gasteiger partial charge in [-0.1, -0.05) is 16.8 Å². The maximum atomic E-state index is 5.92. The number of benzene rings is 1. The fraction of sp³-hybridized carbons (Fsp3) is 0.133. The molecule has 3 heterocycles. The summed E-state index contributed by atoms with van der Waals surface area (Å²) in [6, 6.07) is 7.46. The lowest BCUT2D eigenvalue weighted by Gasteiger charge is -1.98. The van der Waals surface area contributed by atoms with Gasteiger partial charge in [0.2, 0.25) is 0 Å². The van der Waals surface area contributed by atoms with Gasteiger partial charge in [0, 0.05) is 23.3 Å². The number of nitrogens with zero attached hydrogens (tertiary/aromatic N) is 4. The molecule has 0 atom stereocenters. The molecule has 5 nitrogen and oxygen atoms in total. The number of hydrogen-bond donors (Lipinski definition) is 0. The average Bonchev–Trinajstić information content (AvgIpc) is 3.11. The van der Waals surface area contributed by atoms with Crippen LogP contribution in [-0.2, 0) is 6.54 Å². The Morgan fingerprint density at radius 2 is 1.95 bits per heavy atom. The van der Waals surface area contributed by atoms with E-state index in [0.717, 1.165) is 34.0 Å². The van der Waals surface area contributed by atoms with Crippen LogP contribution in [0.25, 0.3) is 33.3 Å². The van der Waals surface area contributed by atoms with E-state index >= 15 is 0 Å². The first-order valence-electron chi connectivity index (χ1n) is 6.63. The number of halogens is 1. The van der Waals surface area contributed by atoms with Gasteiger partial charge in [0.1, 0.15) is 5.52 Å². The number of hydrogen-bond acceptors (Lipinski definition) is 4. The molecule has 0 spiro atoms. The summed E-state index contributed by atoms with van der Waals surface area (Å²) in [7, 11) is 0. The van der Waals surface area contributed by atoms with Crippen molar-refractivity contribution in [2.24, 2.45) is 0 Å². The quantitative estimate of drug-likeness (QED) is 0.563. The molecule has 0 aliphatic carbocycles. The Bertz CT molecular complexity index is 940. The Balaban J connectivity index is 1.98. The van der Waals surface area contributed by atoms with Gasteiger partial charge >= 0.3 is 0 Å². The molecular weight excluding hydrogens is 288 g/mol. The van der Waals surface area contributed by atoms with E-state index in [1.165, 1.54) is 0 Å². The zero-order valence-corrected chi connectivity index (χ0v) is 12.0. The highest BCUT2D eigenvalue weighted by atomic mass is 35.5. The maximum Gasteiger partial charge on any atom is 0.176 e. The summed E-state index contributed by atoms with van der Waals surface area (Å²) in [5.74, 6) is 0.695. The standard InChI is InChI=1S/C15H11ClN4O/c1-2-20-15-12(8-18-20)13-11(7-17-15)14(21-19-13)9-3-5-10(16)6-4-9/h3-8H,2H2,1H3. The van der Waals surface area contributed by atoms with Crippen LogP contribution in [0.1, 0.15) is 6.92 Å². The molecule has 0 N–H and O–H groups in total. The molecule has 0 aliphatic heterocycles. The molecule has 0 unspecified atom stereocenters. The molecule has 104 valence electrons. The molecule has 1 aromatic carbocycles. The Hall–Kier alpha value is -2.40. The predicted octanol–water partition coefficient (Wildman–Crippen LogP) is 3.91. The minimum absolute atomic E-state index is 0.687. The van der Waals surface area contributed by atoms with Crippen LogP contribution < -0.4 is 0 Å². The predicted molar refractivity (Wildman–Crippen MR) is 81.2 cm³/mol. The van der Waals surface area contributed by atoms with E-state index in [9.17, 15) is 0 Å². The van der Waals surface area contributed by atoms with Gasteiger partial charge in [-0.2, -0.15) is 5.10 Å². The fourth-order valence-electron chi connectivity index (χ4n) is 2.46. The van der Waals surface area contributed by atoms with Crippen molar-refractivity contribution in [3.05, 3.63) is 41.7 Å². The summed E-state index contributed by atoms with van der Waals surface area (Å²) >= 11 is 5.92. The van der Waals surface area contributed by atoms with Gasteiger partial charge < -0.3 is 4.52 Å². The number of aromatic nitrogens is 4. The van der Waals surface area contributed by atoms with Crippen molar-refractivity contribution >= 4 is 33.5 Å². The summed E-state index contributed by atoms with van der Waals surface area (Å²) in [6.07, 6.45) is 3.56. The number of fused-ring (bicyclic) bond motifs is 3. The number of aryl methyl sites for hydroxylation is 1. The molecule has 0 aliphatic rings. The number of pyridine rings is 1. The molecule has 0 saturated heterocycles. The van der Waals surface area contributed by atoms with Gasteiger partial charge in [-0.05, 0) is 31.2 Å². The topological polar surface area (TPSA) is 56.7 Å². The summed E-state index contributed by atoms with van der Waals surface area (Å²) in [6.45, 7) is 2.80. The lowest BCUT2D eigenvalue weighted by atomic mass is 10.1. The number of rotatable bonds is 2. The Kier molecular flexibility index (Phi) is 2.68. The second-order valence-corrected chi connectivity index (χ2v) is 5.17. The molecule has 3 aromatic heterocycles. The van der Waals surface area contributed by atoms with Crippen molar-refractivity contribution in [3.8, 4) is 11.3 Å². The van der Waals surface area contributed by atoms with Gasteiger partial charge in [-0.15, -0.1) is 0 Å². The first-order valence-corrected chi connectivity index (χ1v) is 7.01. The lowest BCUT2D eigenvalue weighted by molar-refractivity contribution is 0.441. The van der Waals surface area contributed by atoms with Crippen LogP contribution in [0.3, 0.4) is 0 Å². The van der Waals surface area contributed by atoms with Crippen LogP contribution >= 0.6 is 11.6 Å². The van der Waals surface area contributed by atoms with Crippen molar-refractivity contribution in [1.29, 1.82) is 0 Å². The van der Waals surface area contributed by atoms with Crippen LogP contribution in [0, 0.1) is 0 Å². The fourth-order valence-corrected chi connectivity index (χ4v) is 2.59. The minimum Gasteiger partial charge on any atom is -0.355 e. The SMILES string of the molecule is CCn1ncc2c3noc(-c4ccc(Cl)cc4)c3cnc21. The molecule has 6 heteroatoms. The van der Waals surface area contributed by atoms with Crippen molar-refractivity contribution in [3.63, 3.8) is 0 Å². The van der Waals surface area contributed by atoms with Gasteiger partial charge in [-0.3, -0.25) is 0 Å². The molecule has 0 bridgehead atoms. The van der Waals surface area contributed by atoms with Crippen LogP contribution in [0.4, 0.5) is 0 Å². The van der Waals surface area contributed by atoms with Gasteiger partial charge in [0.15, 0.2) is 11.4 Å². The molecule has 4 aromatic rings. The zero-order chi connectivity index (χ0) is 14.4. The largest absolute Gasteiger partial charge is 0.355 e. The molecule has 0 radical (unpaired) electrons. The van der Waals surface area contributed by atoms with Crippen molar-refractivity contribution in [2.75, 3.05) is 0 Å². The third-order valence-electron chi connectivity index (χ3n) is 3.52. The normalized spacial score (nSPS) is 11.5. The Morgan fingerprint density at radius 3 is 2.71 bits per heavy atom. The Labute approximate surface area is 125 Å². The third-order valence-corrected chi connectivity index (χ3v) is 3.77. The van der Waals surface area contributed by atoms with Gasteiger partial charge in [-0.25, -0.2) is 9.67 Å². The minimum atomic E-state index is 0.687. The van der Waals surface area contributed by atoms with Crippen LogP contribution in [0.5, 0.6) is 0 Å². The van der Waals surface area contributed by atoms with E-state index in [0.29, 0.717) is 10.8 Å². The second-order valence-electron chi connectivity index (χ2n) is 4.74. The highest BCUT2D eigenvalue weighted by molar-refractivity contribution is 6.30. The maximum absolute atomic E-state index is 5.92. The molecule has 0 saturated carbocycles. The Morgan fingerprint density at radius 1 is 1.14 bits per heavy atom. The van der Waals surface area contributed by atoms with Crippen molar-refractivity contribution in [1.82, 2.24) is 19.9 Å².